The van der Waals surface area contributed by atoms with Gasteiger partial charge in [-0.3, -0.25) is 9.59 Å². The Labute approximate surface area is 164 Å². The summed E-state index contributed by atoms with van der Waals surface area (Å²) < 4.78 is 29.3. The van der Waals surface area contributed by atoms with E-state index in [1.807, 2.05) is 11.8 Å². The Morgan fingerprint density at radius 3 is 2.68 bits per heavy atom. The quantitative estimate of drug-likeness (QED) is 0.798. The number of benzene rings is 1. The van der Waals surface area contributed by atoms with Crippen LogP contribution in [0.25, 0.3) is 0 Å². The molecule has 0 aromatic heterocycles. The van der Waals surface area contributed by atoms with Crippen molar-refractivity contribution in [3.8, 4) is 5.75 Å². The lowest BCUT2D eigenvalue weighted by Gasteiger charge is -2.33. The number of carbonyl (C=O) groups excluding carboxylic acids is 2. The molecule has 2 amide bonds. The molecule has 1 unspecified atom stereocenters. The van der Waals surface area contributed by atoms with Gasteiger partial charge in [0.1, 0.15) is 5.75 Å². The number of amides is 2. The zero-order valence-corrected chi connectivity index (χ0v) is 16.3. The van der Waals surface area contributed by atoms with E-state index in [0.717, 1.165) is 36.8 Å². The molecular formula is C21H28F2N2O3. The summed E-state index contributed by atoms with van der Waals surface area (Å²) in [7, 11) is 0. The number of nitrogens with zero attached hydrogens (tertiary/aromatic N) is 1. The number of rotatable bonds is 6. The third-order valence-corrected chi connectivity index (χ3v) is 5.65. The van der Waals surface area contributed by atoms with Crippen LogP contribution < -0.4 is 10.1 Å². The van der Waals surface area contributed by atoms with Crippen LogP contribution in [0.1, 0.15) is 62.6 Å². The van der Waals surface area contributed by atoms with Gasteiger partial charge in [0.2, 0.25) is 11.8 Å². The van der Waals surface area contributed by atoms with E-state index in [-0.39, 0.29) is 29.5 Å². The highest BCUT2D eigenvalue weighted by molar-refractivity contribution is 5.80. The van der Waals surface area contributed by atoms with Crippen molar-refractivity contribution in [2.45, 2.75) is 64.5 Å². The second-order valence-electron chi connectivity index (χ2n) is 7.60. The standard InChI is InChI=1S/C21H28F2N2O3/c1-2-4-19(26)25-11-9-14(10-12-25)20(27)24-18-6-3-5-15-13-16(28-21(22)23)7-8-17(15)18/h7-8,13-14,18,21H,2-6,9-12H2,1H3,(H,24,27). The van der Waals surface area contributed by atoms with Gasteiger partial charge in [0.05, 0.1) is 6.04 Å². The van der Waals surface area contributed by atoms with Crippen molar-refractivity contribution in [2.24, 2.45) is 5.92 Å². The number of hydrogen-bond acceptors (Lipinski definition) is 3. The molecule has 1 N–H and O–H groups in total. The Kier molecular flexibility index (Phi) is 6.86. The highest BCUT2D eigenvalue weighted by Crippen LogP contribution is 2.33. The minimum absolute atomic E-state index is 0.0216. The smallest absolute Gasteiger partial charge is 0.387 e. The summed E-state index contributed by atoms with van der Waals surface area (Å²) in [5, 5.41) is 3.14. The van der Waals surface area contributed by atoms with E-state index in [1.165, 1.54) is 6.07 Å². The van der Waals surface area contributed by atoms with Crippen molar-refractivity contribution in [2.75, 3.05) is 13.1 Å². The van der Waals surface area contributed by atoms with Crippen LogP contribution in [-0.2, 0) is 16.0 Å². The molecule has 1 aliphatic carbocycles. The monoisotopic (exact) mass is 394 g/mol. The maximum absolute atomic E-state index is 12.8. The minimum Gasteiger partial charge on any atom is -0.435 e. The number of carbonyl (C=O) groups is 2. The Morgan fingerprint density at radius 1 is 1.25 bits per heavy atom. The van der Waals surface area contributed by atoms with E-state index < -0.39 is 6.61 Å². The first-order chi connectivity index (χ1) is 13.5. The van der Waals surface area contributed by atoms with Gasteiger partial charge >= 0.3 is 6.61 Å². The molecule has 2 aliphatic rings. The first kappa shape index (κ1) is 20.6. The molecule has 28 heavy (non-hydrogen) atoms. The van der Waals surface area contributed by atoms with E-state index in [4.69, 9.17) is 0 Å². The lowest BCUT2D eigenvalue weighted by molar-refractivity contribution is -0.135. The van der Waals surface area contributed by atoms with Crippen molar-refractivity contribution in [3.63, 3.8) is 0 Å². The van der Waals surface area contributed by atoms with Crippen molar-refractivity contribution in [1.82, 2.24) is 10.2 Å². The number of alkyl halides is 2. The number of piperidine rings is 1. The van der Waals surface area contributed by atoms with E-state index in [1.54, 1.807) is 12.1 Å². The van der Waals surface area contributed by atoms with Crippen LogP contribution in [0.2, 0.25) is 0 Å². The number of ether oxygens (including phenoxy) is 1. The van der Waals surface area contributed by atoms with Gasteiger partial charge in [-0.1, -0.05) is 13.0 Å². The zero-order valence-electron chi connectivity index (χ0n) is 16.3. The fourth-order valence-corrected chi connectivity index (χ4v) is 4.17. The molecule has 1 aromatic carbocycles. The van der Waals surface area contributed by atoms with Gasteiger partial charge in [-0.2, -0.15) is 8.78 Å². The molecule has 1 fully saturated rings. The van der Waals surface area contributed by atoms with Gasteiger partial charge in [0.15, 0.2) is 0 Å². The van der Waals surface area contributed by atoms with Crippen LogP contribution in [0, 0.1) is 5.92 Å². The highest BCUT2D eigenvalue weighted by atomic mass is 19.3. The van der Waals surface area contributed by atoms with Crippen LogP contribution in [0.4, 0.5) is 8.78 Å². The predicted octanol–water partition coefficient (Wildman–Crippen LogP) is 3.82. The molecule has 0 spiro atoms. The largest absolute Gasteiger partial charge is 0.435 e. The minimum atomic E-state index is -2.84. The van der Waals surface area contributed by atoms with Crippen LogP contribution in [0.3, 0.4) is 0 Å². The zero-order chi connectivity index (χ0) is 20.1. The second kappa shape index (κ2) is 9.34. The number of nitrogens with one attached hydrogen (secondary N) is 1. The molecule has 5 nitrogen and oxygen atoms in total. The number of halogens is 2. The van der Waals surface area contributed by atoms with E-state index >= 15 is 0 Å². The Bertz CT molecular complexity index is 703. The fraction of sp³-hybridized carbons (Fsp3) is 0.619. The molecule has 1 heterocycles. The van der Waals surface area contributed by atoms with Crippen LogP contribution in [-0.4, -0.2) is 36.4 Å². The van der Waals surface area contributed by atoms with Crippen molar-refractivity contribution in [1.29, 1.82) is 0 Å². The average Bonchev–Trinajstić information content (AvgIpc) is 2.68. The van der Waals surface area contributed by atoms with Gasteiger partial charge in [0.25, 0.3) is 0 Å². The first-order valence-electron chi connectivity index (χ1n) is 10.1. The van der Waals surface area contributed by atoms with Gasteiger partial charge in [0, 0.05) is 25.4 Å². The number of aryl methyl sites for hydroxylation is 1. The maximum atomic E-state index is 12.8. The molecule has 1 saturated heterocycles. The SMILES string of the molecule is CCCC(=O)N1CCC(C(=O)NC2CCCc3cc(OC(F)F)ccc32)CC1. The van der Waals surface area contributed by atoms with E-state index in [0.29, 0.717) is 32.4 Å². The third-order valence-electron chi connectivity index (χ3n) is 5.65. The summed E-state index contributed by atoms with van der Waals surface area (Å²) >= 11 is 0. The average molecular weight is 394 g/mol. The topological polar surface area (TPSA) is 58.6 Å². The lowest BCUT2D eigenvalue weighted by Crippen LogP contribution is -2.44. The van der Waals surface area contributed by atoms with E-state index in [2.05, 4.69) is 10.1 Å². The predicted molar refractivity (Wildman–Crippen MR) is 101 cm³/mol. The molecule has 1 atom stereocenters. The molecule has 1 aromatic rings. The third kappa shape index (κ3) is 5.00. The summed E-state index contributed by atoms with van der Waals surface area (Å²) in [6, 6.07) is 4.87. The summed E-state index contributed by atoms with van der Waals surface area (Å²) in [6.07, 6.45) is 5.28. The molecule has 7 heteroatoms. The summed E-state index contributed by atoms with van der Waals surface area (Å²) in [6.45, 7) is 0.411. The fourth-order valence-electron chi connectivity index (χ4n) is 4.17. The van der Waals surface area contributed by atoms with Crippen LogP contribution in [0.15, 0.2) is 18.2 Å². The highest BCUT2D eigenvalue weighted by Gasteiger charge is 2.30. The molecule has 0 bridgehead atoms. The van der Waals surface area contributed by atoms with Gasteiger partial charge in [-0.15, -0.1) is 0 Å². The molecular weight excluding hydrogens is 366 g/mol. The van der Waals surface area contributed by atoms with Crippen molar-refractivity contribution < 1.29 is 23.1 Å². The molecule has 3 rings (SSSR count). The number of hydrogen-bond donors (Lipinski definition) is 1. The summed E-state index contributed by atoms with van der Waals surface area (Å²) in [5.41, 5.74) is 1.94. The van der Waals surface area contributed by atoms with E-state index in [9.17, 15) is 18.4 Å². The first-order valence-corrected chi connectivity index (χ1v) is 10.1. The van der Waals surface area contributed by atoms with Gasteiger partial charge in [-0.25, -0.2) is 0 Å². The van der Waals surface area contributed by atoms with Crippen LogP contribution >= 0.6 is 0 Å². The van der Waals surface area contributed by atoms with Gasteiger partial charge in [-0.05, 0) is 61.8 Å². The Hall–Kier alpha value is -2.18. The number of likely N-dealkylation sites (tertiary alicyclic amines) is 1. The molecule has 1 aliphatic heterocycles. The van der Waals surface area contributed by atoms with Gasteiger partial charge < -0.3 is 15.0 Å². The maximum Gasteiger partial charge on any atom is 0.387 e. The number of fused-ring (bicyclic) bond motifs is 1. The Morgan fingerprint density at radius 2 is 2.00 bits per heavy atom. The van der Waals surface area contributed by atoms with Crippen LogP contribution in [0.5, 0.6) is 5.75 Å². The molecule has 154 valence electrons. The normalized spacial score (nSPS) is 20.0. The lowest BCUT2D eigenvalue weighted by atomic mass is 9.86. The van der Waals surface area contributed by atoms with Crippen molar-refractivity contribution in [3.05, 3.63) is 29.3 Å². The summed E-state index contributed by atoms with van der Waals surface area (Å²) in [4.78, 5) is 26.6. The Balaban J connectivity index is 1.58. The second-order valence-corrected chi connectivity index (χ2v) is 7.60. The molecule has 0 radical (unpaired) electrons. The van der Waals surface area contributed by atoms with Crippen molar-refractivity contribution >= 4 is 11.8 Å². The summed E-state index contributed by atoms with van der Waals surface area (Å²) in [5.74, 6) is 0.264. The molecule has 0 saturated carbocycles.